The van der Waals surface area contributed by atoms with Crippen molar-refractivity contribution in [3.8, 4) is 11.9 Å². The molecule has 4 nitrogen and oxygen atoms in total. The third kappa shape index (κ3) is 1.19. The van der Waals surface area contributed by atoms with Crippen LogP contribution in [-0.4, -0.2) is 14.8 Å². The lowest BCUT2D eigenvalue weighted by Gasteiger charge is -1.99. The zero-order chi connectivity index (χ0) is 11.0. The summed E-state index contributed by atoms with van der Waals surface area (Å²) in [5, 5.41) is 16.8. The van der Waals surface area contributed by atoms with Crippen LogP contribution in [0.15, 0.2) is 42.7 Å². The van der Waals surface area contributed by atoms with Crippen molar-refractivity contribution in [2.45, 2.75) is 0 Å². The van der Waals surface area contributed by atoms with Crippen molar-refractivity contribution in [2.24, 2.45) is 0 Å². The highest BCUT2D eigenvalue weighted by Gasteiger charge is 2.04. The quantitative estimate of drug-likeness (QED) is 0.666. The molecule has 0 fully saturated rings. The number of nitrogens with zero attached hydrogens (tertiary/aromatic N) is 3. The van der Waals surface area contributed by atoms with Gasteiger partial charge in [0.2, 0.25) is 0 Å². The van der Waals surface area contributed by atoms with Gasteiger partial charge in [-0.05, 0) is 24.3 Å². The predicted molar refractivity (Wildman–Crippen MR) is 60.1 cm³/mol. The van der Waals surface area contributed by atoms with E-state index in [1.807, 2.05) is 41.1 Å². The molecule has 2 aromatic heterocycles. The maximum Gasteiger partial charge on any atom is 0.158 e. The summed E-state index contributed by atoms with van der Waals surface area (Å²) in [5.41, 5.74) is 1.72. The van der Waals surface area contributed by atoms with Crippen molar-refractivity contribution in [3.63, 3.8) is 0 Å². The fraction of sp³-hybridized carbons (Fsp3) is 0. The Balaban J connectivity index is 2.26. The van der Waals surface area contributed by atoms with Crippen LogP contribution < -0.4 is 0 Å². The number of benzene rings is 1. The molecule has 0 saturated heterocycles. The molecule has 0 spiro atoms. The summed E-state index contributed by atoms with van der Waals surface area (Å²) in [5.74, 6) is 0.847. The zero-order valence-corrected chi connectivity index (χ0v) is 8.38. The molecule has 3 aromatic rings. The Bertz CT molecular complexity index is 671. The molecule has 1 aromatic carbocycles. The number of H-pyrrole nitrogens is 1. The molecule has 0 aliphatic rings. The Labute approximate surface area is 91.7 Å². The summed E-state index contributed by atoms with van der Waals surface area (Å²) in [6.45, 7) is 0. The zero-order valence-electron chi connectivity index (χ0n) is 8.38. The van der Waals surface area contributed by atoms with Crippen LogP contribution in [0.1, 0.15) is 5.56 Å². The molecule has 0 radical (unpaired) electrons. The topological polar surface area (TPSA) is 57.4 Å². The summed E-state index contributed by atoms with van der Waals surface area (Å²) < 4.78 is 1.98. The Kier molecular flexibility index (Phi) is 1.77. The molecule has 0 atom stereocenters. The SMILES string of the molecule is N#Cc1ccc2c(ccn2-c2cc[nH]n2)c1. The molecule has 4 heteroatoms. The van der Waals surface area contributed by atoms with Crippen LogP contribution in [0.5, 0.6) is 0 Å². The van der Waals surface area contributed by atoms with Gasteiger partial charge in [0, 0.05) is 23.8 Å². The minimum Gasteiger partial charge on any atom is -0.300 e. The number of aromatic amines is 1. The Morgan fingerprint density at radius 3 is 2.94 bits per heavy atom. The van der Waals surface area contributed by atoms with Gasteiger partial charge < -0.3 is 0 Å². The van der Waals surface area contributed by atoms with Gasteiger partial charge in [-0.25, -0.2) is 0 Å². The number of hydrogen-bond donors (Lipinski definition) is 1. The Morgan fingerprint density at radius 2 is 2.19 bits per heavy atom. The lowest BCUT2D eigenvalue weighted by Crippen LogP contribution is -1.91. The van der Waals surface area contributed by atoms with Crippen LogP contribution in [0, 0.1) is 11.3 Å². The second-order valence-corrected chi connectivity index (χ2v) is 3.50. The molecular formula is C12H8N4. The van der Waals surface area contributed by atoms with Crippen LogP contribution in [0.3, 0.4) is 0 Å². The minimum absolute atomic E-state index is 0.673. The van der Waals surface area contributed by atoms with Gasteiger partial charge in [0.25, 0.3) is 0 Å². The molecular weight excluding hydrogens is 200 g/mol. The van der Waals surface area contributed by atoms with Gasteiger partial charge in [0.05, 0.1) is 17.1 Å². The van der Waals surface area contributed by atoms with Gasteiger partial charge in [0.1, 0.15) is 0 Å². The molecule has 0 aliphatic carbocycles. The second kappa shape index (κ2) is 3.24. The highest BCUT2D eigenvalue weighted by atomic mass is 15.2. The van der Waals surface area contributed by atoms with E-state index in [2.05, 4.69) is 16.3 Å². The monoisotopic (exact) mass is 208 g/mol. The Hall–Kier alpha value is -2.54. The lowest BCUT2D eigenvalue weighted by atomic mass is 10.2. The number of fused-ring (bicyclic) bond motifs is 1. The van der Waals surface area contributed by atoms with E-state index in [1.54, 1.807) is 6.20 Å². The van der Waals surface area contributed by atoms with Gasteiger partial charge in [-0.2, -0.15) is 10.4 Å². The average molecular weight is 208 g/mol. The average Bonchev–Trinajstić information content (AvgIpc) is 2.96. The first-order valence-electron chi connectivity index (χ1n) is 4.90. The first kappa shape index (κ1) is 8.74. The molecule has 1 N–H and O–H groups in total. The normalized spacial score (nSPS) is 10.4. The molecule has 0 bridgehead atoms. The van der Waals surface area contributed by atoms with Crippen LogP contribution in [0.25, 0.3) is 16.7 Å². The van der Waals surface area contributed by atoms with Crippen molar-refractivity contribution < 1.29 is 0 Å². The molecule has 0 aliphatic heterocycles. The van der Waals surface area contributed by atoms with Crippen molar-refractivity contribution in [1.82, 2.24) is 14.8 Å². The van der Waals surface area contributed by atoms with E-state index in [4.69, 9.17) is 5.26 Å². The molecule has 3 rings (SSSR count). The van der Waals surface area contributed by atoms with Crippen LogP contribution in [0.4, 0.5) is 0 Å². The van der Waals surface area contributed by atoms with E-state index < -0.39 is 0 Å². The van der Waals surface area contributed by atoms with Crippen molar-refractivity contribution in [3.05, 3.63) is 48.3 Å². The van der Waals surface area contributed by atoms with Gasteiger partial charge in [-0.3, -0.25) is 9.67 Å². The van der Waals surface area contributed by atoms with Crippen molar-refractivity contribution >= 4 is 10.9 Å². The summed E-state index contributed by atoms with van der Waals surface area (Å²) >= 11 is 0. The van der Waals surface area contributed by atoms with Crippen LogP contribution >= 0.6 is 0 Å². The summed E-state index contributed by atoms with van der Waals surface area (Å²) in [6.07, 6.45) is 3.73. The molecule has 16 heavy (non-hydrogen) atoms. The predicted octanol–water partition coefficient (Wildman–Crippen LogP) is 2.23. The van der Waals surface area contributed by atoms with E-state index in [0.29, 0.717) is 5.56 Å². The molecule has 0 saturated carbocycles. The summed E-state index contributed by atoms with van der Waals surface area (Å²) in [4.78, 5) is 0. The smallest absolute Gasteiger partial charge is 0.158 e. The maximum absolute atomic E-state index is 8.81. The second-order valence-electron chi connectivity index (χ2n) is 3.50. The van der Waals surface area contributed by atoms with Gasteiger partial charge in [0.15, 0.2) is 5.82 Å². The first-order valence-corrected chi connectivity index (χ1v) is 4.90. The van der Waals surface area contributed by atoms with Crippen LogP contribution in [-0.2, 0) is 0 Å². The number of hydrogen-bond acceptors (Lipinski definition) is 2. The summed E-state index contributed by atoms with van der Waals surface area (Å²) in [7, 11) is 0. The number of aromatic nitrogens is 3. The number of nitriles is 1. The molecule has 2 heterocycles. The van der Waals surface area contributed by atoms with E-state index in [0.717, 1.165) is 16.7 Å². The van der Waals surface area contributed by atoms with E-state index in [-0.39, 0.29) is 0 Å². The first-order chi connectivity index (χ1) is 7.88. The van der Waals surface area contributed by atoms with E-state index >= 15 is 0 Å². The highest BCUT2D eigenvalue weighted by molar-refractivity contribution is 5.83. The maximum atomic E-state index is 8.81. The van der Waals surface area contributed by atoms with Crippen LogP contribution in [0.2, 0.25) is 0 Å². The van der Waals surface area contributed by atoms with E-state index in [1.165, 1.54) is 0 Å². The fourth-order valence-electron chi connectivity index (χ4n) is 1.80. The largest absolute Gasteiger partial charge is 0.300 e. The number of rotatable bonds is 1. The van der Waals surface area contributed by atoms with Gasteiger partial charge in [-0.15, -0.1) is 0 Å². The Morgan fingerprint density at radius 1 is 1.25 bits per heavy atom. The van der Waals surface area contributed by atoms with Crippen molar-refractivity contribution in [1.29, 1.82) is 5.26 Å². The molecule has 0 unspecified atom stereocenters. The molecule has 0 amide bonds. The van der Waals surface area contributed by atoms with E-state index in [9.17, 15) is 0 Å². The third-order valence-corrected chi connectivity index (χ3v) is 2.55. The minimum atomic E-state index is 0.673. The van der Waals surface area contributed by atoms with Crippen molar-refractivity contribution in [2.75, 3.05) is 0 Å². The fourth-order valence-corrected chi connectivity index (χ4v) is 1.80. The third-order valence-electron chi connectivity index (χ3n) is 2.55. The summed E-state index contributed by atoms with van der Waals surface area (Å²) in [6, 6.07) is 11.6. The standard InChI is InChI=1S/C12H8N4/c13-8-9-1-2-11-10(7-9)4-6-16(11)12-3-5-14-15-12/h1-7H,(H,14,15). The molecule has 76 valence electrons. The number of nitrogens with one attached hydrogen (secondary N) is 1. The lowest BCUT2D eigenvalue weighted by molar-refractivity contribution is 0.988. The van der Waals surface area contributed by atoms with Gasteiger partial charge >= 0.3 is 0 Å². The highest BCUT2D eigenvalue weighted by Crippen LogP contribution is 2.20. The van der Waals surface area contributed by atoms with Gasteiger partial charge in [-0.1, -0.05) is 0 Å².